The van der Waals surface area contributed by atoms with Crippen molar-refractivity contribution in [2.24, 2.45) is 0 Å². The monoisotopic (exact) mass is 287 g/mol. The molecule has 1 atom stereocenters. The topological polar surface area (TPSA) is 30.5 Å². The standard InChI is InChI=1S/C14H19ClFNO2/c1-2-17-10(9-14-18-6-7-19-14)8-11-12(15)4-3-5-13(11)16/h3-5,10,14,17H,2,6-9H2,1H3. The molecule has 1 aliphatic rings. The Kier molecular flexibility index (Phi) is 5.58. The second-order valence-electron chi connectivity index (χ2n) is 4.57. The fourth-order valence-electron chi connectivity index (χ4n) is 2.28. The van der Waals surface area contributed by atoms with E-state index in [0.29, 0.717) is 36.6 Å². The van der Waals surface area contributed by atoms with Gasteiger partial charge < -0.3 is 14.8 Å². The number of halogens is 2. The van der Waals surface area contributed by atoms with Gasteiger partial charge in [-0.25, -0.2) is 4.39 Å². The van der Waals surface area contributed by atoms with E-state index in [1.54, 1.807) is 12.1 Å². The van der Waals surface area contributed by atoms with E-state index in [1.807, 2.05) is 6.92 Å². The fourth-order valence-corrected chi connectivity index (χ4v) is 2.52. The Bertz CT molecular complexity index is 390. The summed E-state index contributed by atoms with van der Waals surface area (Å²) in [5, 5.41) is 3.80. The molecule has 1 aromatic carbocycles. The zero-order valence-electron chi connectivity index (χ0n) is 11.0. The van der Waals surface area contributed by atoms with Gasteiger partial charge in [0.2, 0.25) is 0 Å². The van der Waals surface area contributed by atoms with Crippen LogP contribution >= 0.6 is 11.6 Å². The van der Waals surface area contributed by atoms with Crippen LogP contribution in [0.3, 0.4) is 0 Å². The number of rotatable bonds is 6. The molecule has 1 saturated heterocycles. The van der Waals surface area contributed by atoms with Gasteiger partial charge in [0.25, 0.3) is 0 Å². The molecular weight excluding hydrogens is 269 g/mol. The Morgan fingerprint density at radius 3 is 2.79 bits per heavy atom. The number of nitrogens with one attached hydrogen (secondary N) is 1. The molecule has 0 aliphatic carbocycles. The summed E-state index contributed by atoms with van der Waals surface area (Å²) in [6.07, 6.45) is 1.02. The summed E-state index contributed by atoms with van der Waals surface area (Å²) in [6, 6.07) is 4.85. The molecule has 0 saturated carbocycles. The van der Waals surface area contributed by atoms with Crippen molar-refractivity contribution in [1.29, 1.82) is 0 Å². The quantitative estimate of drug-likeness (QED) is 0.873. The first-order valence-corrected chi connectivity index (χ1v) is 6.98. The van der Waals surface area contributed by atoms with Crippen molar-refractivity contribution in [3.8, 4) is 0 Å². The molecule has 1 N–H and O–H groups in total. The molecule has 0 spiro atoms. The molecule has 1 aromatic rings. The SMILES string of the molecule is CCNC(Cc1c(F)cccc1Cl)CC1OCCO1. The van der Waals surface area contributed by atoms with Crippen LogP contribution in [0.15, 0.2) is 18.2 Å². The molecule has 3 nitrogen and oxygen atoms in total. The van der Waals surface area contributed by atoms with Crippen LogP contribution in [0.4, 0.5) is 4.39 Å². The largest absolute Gasteiger partial charge is 0.350 e. The highest BCUT2D eigenvalue weighted by atomic mass is 35.5. The van der Waals surface area contributed by atoms with Gasteiger partial charge in [0.15, 0.2) is 6.29 Å². The minimum absolute atomic E-state index is 0.0856. The lowest BCUT2D eigenvalue weighted by molar-refractivity contribution is -0.0526. The number of benzene rings is 1. The number of ether oxygens (including phenoxy) is 2. The minimum atomic E-state index is -0.260. The molecule has 1 aliphatic heterocycles. The molecule has 2 rings (SSSR count). The lowest BCUT2D eigenvalue weighted by atomic mass is 10.0. The van der Waals surface area contributed by atoms with E-state index in [0.717, 1.165) is 6.54 Å². The first-order chi connectivity index (χ1) is 9.20. The Morgan fingerprint density at radius 2 is 2.16 bits per heavy atom. The van der Waals surface area contributed by atoms with E-state index in [2.05, 4.69) is 5.32 Å². The van der Waals surface area contributed by atoms with Gasteiger partial charge in [-0.2, -0.15) is 0 Å². The fraction of sp³-hybridized carbons (Fsp3) is 0.571. The van der Waals surface area contributed by atoms with Gasteiger partial charge in [0, 0.05) is 23.0 Å². The molecule has 0 aromatic heterocycles. The molecule has 1 heterocycles. The maximum atomic E-state index is 13.8. The predicted molar refractivity (Wildman–Crippen MR) is 72.9 cm³/mol. The number of hydrogen-bond acceptors (Lipinski definition) is 3. The van der Waals surface area contributed by atoms with E-state index in [-0.39, 0.29) is 18.1 Å². The molecule has 0 bridgehead atoms. The summed E-state index contributed by atoms with van der Waals surface area (Å²) in [5.74, 6) is -0.260. The van der Waals surface area contributed by atoms with Crippen molar-refractivity contribution in [3.05, 3.63) is 34.6 Å². The first-order valence-electron chi connectivity index (χ1n) is 6.60. The molecule has 1 fully saturated rings. The first kappa shape index (κ1) is 14.7. The molecule has 19 heavy (non-hydrogen) atoms. The van der Waals surface area contributed by atoms with Gasteiger partial charge >= 0.3 is 0 Å². The van der Waals surface area contributed by atoms with E-state index in [4.69, 9.17) is 21.1 Å². The normalized spacial score (nSPS) is 17.8. The van der Waals surface area contributed by atoms with Crippen LogP contribution in [0.5, 0.6) is 0 Å². The summed E-state index contributed by atoms with van der Waals surface area (Å²) in [6.45, 7) is 4.09. The van der Waals surface area contributed by atoms with E-state index < -0.39 is 0 Å². The van der Waals surface area contributed by atoms with Crippen LogP contribution in [0.25, 0.3) is 0 Å². The van der Waals surface area contributed by atoms with Gasteiger partial charge in [-0.1, -0.05) is 24.6 Å². The summed E-state index contributed by atoms with van der Waals surface area (Å²) in [5.41, 5.74) is 0.549. The number of likely N-dealkylation sites (N-methyl/N-ethyl adjacent to an activating group) is 1. The van der Waals surface area contributed by atoms with Gasteiger partial charge in [-0.05, 0) is 25.1 Å². The van der Waals surface area contributed by atoms with Crippen molar-refractivity contribution >= 4 is 11.6 Å². The van der Waals surface area contributed by atoms with Gasteiger partial charge in [0.1, 0.15) is 5.82 Å². The smallest absolute Gasteiger partial charge is 0.159 e. The third-order valence-corrected chi connectivity index (χ3v) is 3.53. The maximum absolute atomic E-state index is 13.8. The van der Waals surface area contributed by atoms with Crippen LogP contribution in [0, 0.1) is 5.82 Å². The van der Waals surface area contributed by atoms with Crippen LogP contribution in [0.2, 0.25) is 5.02 Å². The highest BCUT2D eigenvalue weighted by Gasteiger charge is 2.22. The van der Waals surface area contributed by atoms with Crippen molar-refractivity contribution in [3.63, 3.8) is 0 Å². The Labute approximate surface area is 118 Å². The lowest BCUT2D eigenvalue weighted by Crippen LogP contribution is -2.35. The summed E-state index contributed by atoms with van der Waals surface area (Å²) in [7, 11) is 0. The van der Waals surface area contributed by atoms with E-state index in [1.165, 1.54) is 6.07 Å². The molecular formula is C14H19ClFNO2. The third kappa shape index (κ3) is 4.14. The van der Waals surface area contributed by atoms with Gasteiger partial charge in [-0.3, -0.25) is 0 Å². The van der Waals surface area contributed by atoms with Crippen molar-refractivity contribution in [1.82, 2.24) is 5.32 Å². The predicted octanol–water partition coefficient (Wildman–Crippen LogP) is 2.76. The van der Waals surface area contributed by atoms with Crippen LogP contribution in [0.1, 0.15) is 18.9 Å². The third-order valence-electron chi connectivity index (χ3n) is 3.17. The molecule has 1 unspecified atom stereocenters. The van der Waals surface area contributed by atoms with Crippen LogP contribution in [-0.4, -0.2) is 32.1 Å². The van der Waals surface area contributed by atoms with E-state index in [9.17, 15) is 4.39 Å². The molecule has 0 amide bonds. The van der Waals surface area contributed by atoms with Gasteiger partial charge in [-0.15, -0.1) is 0 Å². The minimum Gasteiger partial charge on any atom is -0.350 e. The van der Waals surface area contributed by atoms with Crippen molar-refractivity contribution in [2.45, 2.75) is 32.1 Å². The second-order valence-corrected chi connectivity index (χ2v) is 4.97. The zero-order valence-corrected chi connectivity index (χ0v) is 11.8. The molecule has 5 heteroatoms. The average Bonchev–Trinajstić information content (AvgIpc) is 2.87. The van der Waals surface area contributed by atoms with Crippen LogP contribution in [-0.2, 0) is 15.9 Å². The maximum Gasteiger partial charge on any atom is 0.159 e. The molecule has 0 radical (unpaired) electrons. The number of hydrogen-bond donors (Lipinski definition) is 1. The highest BCUT2D eigenvalue weighted by Crippen LogP contribution is 2.22. The zero-order chi connectivity index (χ0) is 13.7. The molecule has 106 valence electrons. The van der Waals surface area contributed by atoms with Crippen LogP contribution < -0.4 is 5.32 Å². The lowest BCUT2D eigenvalue weighted by Gasteiger charge is -2.21. The van der Waals surface area contributed by atoms with Crippen molar-refractivity contribution < 1.29 is 13.9 Å². The summed E-state index contributed by atoms with van der Waals surface area (Å²) >= 11 is 6.06. The van der Waals surface area contributed by atoms with E-state index >= 15 is 0 Å². The Morgan fingerprint density at radius 1 is 1.42 bits per heavy atom. The second kappa shape index (κ2) is 7.20. The van der Waals surface area contributed by atoms with Gasteiger partial charge in [0.05, 0.1) is 13.2 Å². The summed E-state index contributed by atoms with van der Waals surface area (Å²) in [4.78, 5) is 0. The summed E-state index contributed by atoms with van der Waals surface area (Å²) < 4.78 is 24.7. The highest BCUT2D eigenvalue weighted by molar-refractivity contribution is 6.31. The average molecular weight is 288 g/mol. The van der Waals surface area contributed by atoms with Crippen molar-refractivity contribution in [2.75, 3.05) is 19.8 Å². The Balaban J connectivity index is 2.02. The Hall–Kier alpha value is -0.680.